The smallest absolute Gasteiger partial charge is 0.115 e. The lowest BCUT2D eigenvalue weighted by atomic mass is 9.95. The Morgan fingerprint density at radius 2 is 1.67 bits per heavy atom. The molecule has 1 heterocycles. The lowest BCUT2D eigenvalue weighted by molar-refractivity contribution is 0.516. The van der Waals surface area contributed by atoms with Gasteiger partial charge in [0.2, 0.25) is 0 Å². The van der Waals surface area contributed by atoms with E-state index < -0.39 is 0 Å². The first-order chi connectivity index (χ1) is 11.4. The first-order valence-electron chi connectivity index (χ1n) is 8.94. The van der Waals surface area contributed by atoms with Gasteiger partial charge in [-0.3, -0.25) is 0 Å². The third kappa shape index (κ3) is 3.24. The summed E-state index contributed by atoms with van der Waals surface area (Å²) in [5, 5.41) is 0. The van der Waals surface area contributed by atoms with Crippen LogP contribution in [0, 0.1) is 0 Å². The fourth-order valence-electron chi connectivity index (χ4n) is 3.18. The standard InChI is InChI=1S/C22H28N2/c1-6-16(2)18-13-11-17(12-14-18)15-24-20-10-8-7-9-19(20)23-21(24)22(3,4)5/h7-14,16H,6,15H2,1-5H3. The summed E-state index contributed by atoms with van der Waals surface area (Å²) in [5.41, 5.74) is 5.07. The fourth-order valence-corrected chi connectivity index (χ4v) is 3.18. The van der Waals surface area contributed by atoms with Crippen molar-refractivity contribution in [2.24, 2.45) is 0 Å². The van der Waals surface area contributed by atoms with Gasteiger partial charge < -0.3 is 4.57 Å². The predicted molar refractivity (Wildman–Crippen MR) is 103 cm³/mol. The number of imidazole rings is 1. The molecule has 0 aliphatic heterocycles. The second kappa shape index (κ2) is 6.43. The molecule has 0 aliphatic rings. The number of benzene rings is 2. The highest BCUT2D eigenvalue weighted by molar-refractivity contribution is 5.76. The van der Waals surface area contributed by atoms with E-state index in [1.807, 2.05) is 0 Å². The average Bonchev–Trinajstić information content (AvgIpc) is 2.94. The average molecular weight is 320 g/mol. The van der Waals surface area contributed by atoms with Crippen LogP contribution in [-0.2, 0) is 12.0 Å². The third-order valence-electron chi connectivity index (χ3n) is 4.83. The van der Waals surface area contributed by atoms with Gasteiger partial charge in [-0.15, -0.1) is 0 Å². The maximum Gasteiger partial charge on any atom is 0.115 e. The summed E-state index contributed by atoms with van der Waals surface area (Å²) in [5.74, 6) is 1.77. The van der Waals surface area contributed by atoms with E-state index in [4.69, 9.17) is 4.98 Å². The second-order valence-electron chi connectivity index (χ2n) is 7.81. The Balaban J connectivity index is 2.00. The van der Waals surface area contributed by atoms with E-state index >= 15 is 0 Å². The SMILES string of the molecule is CCC(C)c1ccc(Cn2c(C(C)(C)C)nc3ccccc32)cc1. The van der Waals surface area contributed by atoms with E-state index in [1.165, 1.54) is 23.1 Å². The molecule has 2 nitrogen and oxygen atoms in total. The van der Waals surface area contributed by atoms with Gasteiger partial charge in [0.15, 0.2) is 0 Å². The van der Waals surface area contributed by atoms with Crippen molar-refractivity contribution in [1.29, 1.82) is 0 Å². The highest BCUT2D eigenvalue weighted by Gasteiger charge is 2.22. The van der Waals surface area contributed by atoms with Crippen LogP contribution in [0.4, 0.5) is 0 Å². The summed E-state index contributed by atoms with van der Waals surface area (Å²) in [6.07, 6.45) is 1.18. The molecular weight excluding hydrogens is 292 g/mol. The zero-order valence-electron chi connectivity index (χ0n) is 15.5. The lowest BCUT2D eigenvalue weighted by Crippen LogP contribution is -2.19. The van der Waals surface area contributed by atoms with E-state index in [0.29, 0.717) is 5.92 Å². The quantitative estimate of drug-likeness (QED) is 0.585. The third-order valence-corrected chi connectivity index (χ3v) is 4.83. The minimum absolute atomic E-state index is 0.0235. The number of hydrogen-bond acceptors (Lipinski definition) is 1. The van der Waals surface area contributed by atoms with Gasteiger partial charge in [0.25, 0.3) is 0 Å². The van der Waals surface area contributed by atoms with Crippen molar-refractivity contribution in [3.8, 4) is 0 Å². The van der Waals surface area contributed by atoms with Gasteiger partial charge in [0.1, 0.15) is 5.82 Å². The van der Waals surface area contributed by atoms with Crippen LogP contribution in [0.5, 0.6) is 0 Å². The Kier molecular flexibility index (Phi) is 4.49. The van der Waals surface area contributed by atoms with Crippen molar-refractivity contribution in [2.45, 2.75) is 58.9 Å². The Morgan fingerprint density at radius 1 is 1.00 bits per heavy atom. The molecule has 1 aromatic heterocycles. The summed E-state index contributed by atoms with van der Waals surface area (Å²) < 4.78 is 2.37. The molecule has 126 valence electrons. The van der Waals surface area contributed by atoms with Crippen LogP contribution in [0.15, 0.2) is 48.5 Å². The van der Waals surface area contributed by atoms with Gasteiger partial charge in [0, 0.05) is 12.0 Å². The summed E-state index contributed by atoms with van der Waals surface area (Å²) >= 11 is 0. The van der Waals surface area contributed by atoms with Gasteiger partial charge in [-0.25, -0.2) is 4.98 Å². The van der Waals surface area contributed by atoms with E-state index in [0.717, 1.165) is 17.9 Å². The first kappa shape index (κ1) is 16.8. The van der Waals surface area contributed by atoms with Gasteiger partial charge in [0.05, 0.1) is 11.0 Å². The van der Waals surface area contributed by atoms with Crippen molar-refractivity contribution in [3.05, 3.63) is 65.5 Å². The molecule has 0 aliphatic carbocycles. The van der Waals surface area contributed by atoms with Gasteiger partial charge in [-0.1, -0.05) is 71.0 Å². The topological polar surface area (TPSA) is 17.8 Å². The maximum atomic E-state index is 4.90. The minimum atomic E-state index is 0.0235. The maximum absolute atomic E-state index is 4.90. The van der Waals surface area contributed by atoms with Crippen molar-refractivity contribution in [2.75, 3.05) is 0 Å². The molecule has 3 aromatic rings. The van der Waals surface area contributed by atoms with Crippen LogP contribution in [0.1, 0.15) is 63.9 Å². The van der Waals surface area contributed by atoms with Crippen LogP contribution in [0.3, 0.4) is 0 Å². The highest BCUT2D eigenvalue weighted by atomic mass is 15.1. The molecule has 1 unspecified atom stereocenters. The molecule has 0 bridgehead atoms. The van der Waals surface area contributed by atoms with Crippen molar-refractivity contribution in [1.82, 2.24) is 9.55 Å². The minimum Gasteiger partial charge on any atom is -0.323 e. The molecule has 24 heavy (non-hydrogen) atoms. The number of rotatable bonds is 4. The molecule has 0 saturated carbocycles. The number of para-hydroxylation sites is 2. The molecule has 0 spiro atoms. The number of nitrogens with zero attached hydrogens (tertiary/aromatic N) is 2. The zero-order chi connectivity index (χ0) is 17.3. The summed E-state index contributed by atoms with van der Waals surface area (Å²) in [7, 11) is 0. The van der Waals surface area contributed by atoms with Crippen LogP contribution in [-0.4, -0.2) is 9.55 Å². The molecule has 2 heteroatoms. The monoisotopic (exact) mass is 320 g/mol. The summed E-state index contributed by atoms with van der Waals surface area (Å²) in [4.78, 5) is 4.90. The molecule has 3 rings (SSSR count). The summed E-state index contributed by atoms with van der Waals surface area (Å²) in [6, 6.07) is 17.5. The molecule has 0 saturated heterocycles. The molecule has 0 amide bonds. The van der Waals surface area contributed by atoms with E-state index in [9.17, 15) is 0 Å². The first-order valence-corrected chi connectivity index (χ1v) is 8.94. The second-order valence-corrected chi connectivity index (χ2v) is 7.81. The number of hydrogen-bond donors (Lipinski definition) is 0. The lowest BCUT2D eigenvalue weighted by Gasteiger charge is -2.20. The van der Waals surface area contributed by atoms with Crippen LogP contribution in [0.2, 0.25) is 0 Å². The Morgan fingerprint density at radius 3 is 2.29 bits per heavy atom. The summed E-state index contributed by atoms with van der Waals surface area (Å²) in [6.45, 7) is 12.1. The molecule has 0 fully saturated rings. The van der Waals surface area contributed by atoms with Crippen LogP contribution in [0.25, 0.3) is 11.0 Å². The molecule has 2 aromatic carbocycles. The van der Waals surface area contributed by atoms with E-state index in [1.54, 1.807) is 0 Å². The Hall–Kier alpha value is -2.09. The van der Waals surface area contributed by atoms with Gasteiger partial charge in [-0.05, 0) is 35.6 Å². The van der Waals surface area contributed by atoms with Crippen molar-refractivity contribution < 1.29 is 0 Å². The van der Waals surface area contributed by atoms with Crippen LogP contribution >= 0.6 is 0 Å². The highest BCUT2D eigenvalue weighted by Crippen LogP contribution is 2.27. The Labute approximate surface area is 145 Å². The zero-order valence-corrected chi connectivity index (χ0v) is 15.5. The molecular formula is C22H28N2. The molecule has 0 radical (unpaired) electrons. The van der Waals surface area contributed by atoms with Gasteiger partial charge in [-0.2, -0.15) is 0 Å². The van der Waals surface area contributed by atoms with Gasteiger partial charge >= 0.3 is 0 Å². The van der Waals surface area contributed by atoms with E-state index in [-0.39, 0.29) is 5.41 Å². The number of fused-ring (bicyclic) bond motifs is 1. The molecule has 0 N–H and O–H groups in total. The van der Waals surface area contributed by atoms with Crippen LogP contribution < -0.4 is 0 Å². The fraction of sp³-hybridized carbons (Fsp3) is 0.409. The number of aromatic nitrogens is 2. The predicted octanol–water partition coefficient (Wildman–Crippen LogP) is 5.90. The molecule has 1 atom stereocenters. The van der Waals surface area contributed by atoms with Crippen molar-refractivity contribution >= 4 is 11.0 Å². The van der Waals surface area contributed by atoms with E-state index in [2.05, 4.69) is 87.7 Å². The van der Waals surface area contributed by atoms with Crippen molar-refractivity contribution in [3.63, 3.8) is 0 Å². The normalized spacial score (nSPS) is 13.4. The Bertz CT molecular complexity index is 819. The largest absolute Gasteiger partial charge is 0.323 e.